The summed E-state index contributed by atoms with van der Waals surface area (Å²) in [6.07, 6.45) is 8.51. The van der Waals surface area contributed by atoms with Gasteiger partial charge in [0.1, 0.15) is 11.4 Å². The Morgan fingerprint density at radius 2 is 2.00 bits per heavy atom. The summed E-state index contributed by atoms with van der Waals surface area (Å²) in [7, 11) is 0. The van der Waals surface area contributed by atoms with Crippen LogP contribution < -0.4 is 19.3 Å². The van der Waals surface area contributed by atoms with Crippen LogP contribution in [0.4, 0.5) is 15.8 Å². The Bertz CT molecular complexity index is 1170. The zero-order valence-corrected chi connectivity index (χ0v) is 15.8. The van der Waals surface area contributed by atoms with Crippen molar-refractivity contribution in [1.29, 1.82) is 0 Å². The van der Waals surface area contributed by atoms with Gasteiger partial charge in [-0.15, -0.1) is 6.42 Å². The minimum absolute atomic E-state index is 0.0478. The van der Waals surface area contributed by atoms with Gasteiger partial charge in [0.2, 0.25) is 4.80 Å². The Balaban J connectivity index is 1.65. The summed E-state index contributed by atoms with van der Waals surface area (Å²) in [5.41, 5.74) is -0.441. The van der Waals surface area contributed by atoms with E-state index >= 15 is 0 Å². The van der Waals surface area contributed by atoms with Gasteiger partial charge in [-0.2, -0.15) is 0 Å². The van der Waals surface area contributed by atoms with Crippen molar-refractivity contribution >= 4 is 28.6 Å². The molecule has 5 rings (SSSR count). The number of carbonyl (C=O) groups excluding carboxylic acids is 1. The van der Waals surface area contributed by atoms with Gasteiger partial charge in [-0.05, 0) is 30.2 Å². The number of halogens is 1. The zero-order chi connectivity index (χ0) is 19.5. The van der Waals surface area contributed by atoms with Crippen molar-refractivity contribution in [3.8, 4) is 18.1 Å². The molecule has 144 valence electrons. The topological polar surface area (TPSA) is 68.8 Å². The van der Waals surface area contributed by atoms with E-state index in [2.05, 4.69) is 10.9 Å². The van der Waals surface area contributed by atoms with Gasteiger partial charge in [-0.25, -0.2) is 14.1 Å². The highest BCUT2D eigenvalue weighted by atomic mass is 32.1. The number of benzene rings is 1. The van der Waals surface area contributed by atoms with E-state index < -0.39 is 11.4 Å². The maximum absolute atomic E-state index is 14.8. The monoisotopic (exact) mass is 400 g/mol. The second kappa shape index (κ2) is 6.07. The molecule has 0 saturated heterocycles. The molecule has 3 aliphatic rings. The molecule has 2 aromatic rings. The number of carbonyl (C=O) groups is 1. The maximum Gasteiger partial charge on any atom is 0.325 e. The van der Waals surface area contributed by atoms with Crippen molar-refractivity contribution in [2.45, 2.75) is 44.4 Å². The number of fused-ring (bicyclic) bond motifs is 2. The van der Waals surface area contributed by atoms with Crippen molar-refractivity contribution in [3.05, 3.63) is 32.4 Å². The lowest BCUT2D eigenvalue weighted by molar-refractivity contribution is -0.128. The quantitative estimate of drug-likeness (QED) is 0.722. The molecule has 0 unspecified atom stereocenters. The first-order valence-corrected chi connectivity index (χ1v) is 9.97. The van der Waals surface area contributed by atoms with Gasteiger partial charge in [0.15, 0.2) is 11.4 Å². The van der Waals surface area contributed by atoms with E-state index in [1.54, 1.807) is 9.36 Å². The Morgan fingerprint density at radius 3 is 2.71 bits per heavy atom. The summed E-state index contributed by atoms with van der Waals surface area (Å²) in [4.78, 5) is 31.1. The highest BCUT2D eigenvalue weighted by Crippen LogP contribution is 2.50. The number of terminal acetylenes is 1. The van der Waals surface area contributed by atoms with Crippen LogP contribution in [0.15, 0.2) is 21.9 Å². The second-order valence-corrected chi connectivity index (χ2v) is 8.10. The number of amides is 1. The predicted octanol–water partition coefficient (Wildman–Crippen LogP) is 1.77. The fourth-order valence-electron chi connectivity index (χ4n) is 3.72. The third-order valence-corrected chi connectivity index (χ3v) is 6.19. The molecule has 9 heteroatoms. The van der Waals surface area contributed by atoms with Crippen molar-refractivity contribution in [1.82, 2.24) is 9.36 Å². The van der Waals surface area contributed by atoms with Gasteiger partial charge in [-0.1, -0.05) is 5.92 Å². The molecule has 1 fully saturated rings. The molecular weight excluding hydrogens is 383 g/mol. The first-order chi connectivity index (χ1) is 13.5. The first kappa shape index (κ1) is 17.3. The van der Waals surface area contributed by atoms with Crippen LogP contribution >= 0.6 is 11.3 Å². The van der Waals surface area contributed by atoms with Crippen LogP contribution in [0, 0.1) is 18.2 Å². The third-order valence-electron chi connectivity index (χ3n) is 5.32. The van der Waals surface area contributed by atoms with Crippen molar-refractivity contribution < 1.29 is 13.9 Å². The number of ether oxygens (including phenoxy) is 1. The fraction of sp³-hybridized carbons (Fsp3) is 0.421. The van der Waals surface area contributed by atoms with Crippen molar-refractivity contribution in [2.75, 3.05) is 11.4 Å². The number of rotatable bonds is 2. The van der Waals surface area contributed by atoms with Crippen LogP contribution in [-0.2, 0) is 17.9 Å². The van der Waals surface area contributed by atoms with Crippen molar-refractivity contribution in [3.63, 3.8) is 0 Å². The second-order valence-electron chi connectivity index (χ2n) is 7.18. The lowest BCUT2D eigenvalue weighted by Gasteiger charge is -2.33. The van der Waals surface area contributed by atoms with E-state index in [1.165, 1.54) is 17.0 Å². The average Bonchev–Trinajstić information content (AvgIpc) is 3.39. The molecule has 1 aromatic heterocycles. The smallest absolute Gasteiger partial charge is 0.325 e. The van der Waals surface area contributed by atoms with Crippen LogP contribution in [0.1, 0.15) is 25.7 Å². The van der Waals surface area contributed by atoms with Crippen molar-refractivity contribution in [2.24, 2.45) is 4.99 Å². The maximum atomic E-state index is 14.8. The molecule has 1 amide bonds. The Labute approximate surface area is 163 Å². The van der Waals surface area contributed by atoms with Gasteiger partial charge >= 0.3 is 4.87 Å². The molecule has 0 radical (unpaired) electrons. The summed E-state index contributed by atoms with van der Waals surface area (Å²) in [5, 5.41) is 0. The van der Waals surface area contributed by atoms with E-state index in [9.17, 15) is 14.0 Å². The summed E-state index contributed by atoms with van der Waals surface area (Å²) < 4.78 is 24.0. The minimum Gasteiger partial charge on any atom is -0.475 e. The van der Waals surface area contributed by atoms with Gasteiger partial charge < -0.3 is 4.74 Å². The fourth-order valence-corrected chi connectivity index (χ4v) is 4.61. The zero-order valence-electron chi connectivity index (χ0n) is 15.0. The SMILES string of the molecule is C#CCN1C(=O)C2(CC2)Oc2cc(F)c(N=c3sc(=O)n4n3CCCC4)cc21. The number of aromatic nitrogens is 2. The largest absolute Gasteiger partial charge is 0.475 e. The molecule has 0 bridgehead atoms. The van der Waals surface area contributed by atoms with Gasteiger partial charge in [0.25, 0.3) is 5.91 Å². The predicted molar refractivity (Wildman–Crippen MR) is 101 cm³/mol. The Hall–Kier alpha value is -2.86. The molecule has 0 N–H and O–H groups in total. The lowest BCUT2D eigenvalue weighted by Crippen LogP contribution is -2.47. The lowest BCUT2D eigenvalue weighted by atomic mass is 10.1. The van der Waals surface area contributed by atoms with Gasteiger partial charge in [-0.3, -0.25) is 19.2 Å². The van der Waals surface area contributed by atoms with Crippen LogP contribution in [0.5, 0.6) is 5.75 Å². The average molecular weight is 400 g/mol. The number of hydrogen-bond donors (Lipinski definition) is 0. The molecule has 7 nitrogen and oxygen atoms in total. The molecule has 2 aliphatic heterocycles. The first-order valence-electron chi connectivity index (χ1n) is 9.16. The number of nitrogens with zero attached hydrogens (tertiary/aromatic N) is 4. The van der Waals surface area contributed by atoms with Crippen LogP contribution in [0.2, 0.25) is 0 Å². The molecule has 3 heterocycles. The molecular formula is C19H17FN4O3S. The summed E-state index contributed by atoms with van der Waals surface area (Å²) in [6, 6.07) is 2.72. The third kappa shape index (κ3) is 2.52. The minimum atomic E-state index is -0.897. The number of anilines is 1. The van der Waals surface area contributed by atoms with Gasteiger partial charge in [0.05, 0.1) is 12.2 Å². The van der Waals surface area contributed by atoms with E-state index in [-0.39, 0.29) is 23.0 Å². The molecule has 1 saturated carbocycles. The normalized spacial score (nSPS) is 19.8. The standard InChI is InChI=1S/C19H17FN4O3S/c1-2-7-22-14-11-13(12(20)10-15(14)27-19(5-6-19)16(22)25)21-17-23-8-3-4-9-24(23)18(26)28-17/h1,10-11H,3-9H2. The molecule has 28 heavy (non-hydrogen) atoms. The number of hydrogen-bond acceptors (Lipinski definition) is 5. The Kier molecular flexibility index (Phi) is 3.74. The Morgan fingerprint density at radius 1 is 1.25 bits per heavy atom. The summed E-state index contributed by atoms with van der Waals surface area (Å²) in [5.74, 6) is 2.01. The van der Waals surface area contributed by atoms with E-state index in [0.29, 0.717) is 42.2 Å². The summed E-state index contributed by atoms with van der Waals surface area (Å²) in [6.45, 7) is 1.38. The van der Waals surface area contributed by atoms with Gasteiger partial charge in [0, 0.05) is 32.0 Å². The van der Waals surface area contributed by atoms with Crippen LogP contribution in [0.25, 0.3) is 0 Å². The molecule has 1 aliphatic carbocycles. The van der Waals surface area contributed by atoms with E-state index in [1.807, 2.05) is 0 Å². The van der Waals surface area contributed by atoms with Crippen LogP contribution in [0.3, 0.4) is 0 Å². The molecule has 0 atom stereocenters. The summed E-state index contributed by atoms with van der Waals surface area (Å²) >= 11 is 0.985. The van der Waals surface area contributed by atoms with E-state index in [4.69, 9.17) is 11.2 Å². The van der Waals surface area contributed by atoms with Crippen LogP contribution in [-0.4, -0.2) is 27.4 Å². The highest BCUT2D eigenvalue weighted by molar-refractivity contribution is 7.06. The highest BCUT2D eigenvalue weighted by Gasteiger charge is 2.58. The molecule has 1 aromatic carbocycles. The molecule has 1 spiro atoms. The van der Waals surface area contributed by atoms with E-state index in [0.717, 1.165) is 24.2 Å².